The summed E-state index contributed by atoms with van der Waals surface area (Å²) in [4.78, 5) is 37.7. The SMILES string of the molecule is CC(C)(OCCCP(C)(=O)O)c1cnc(N2C[C@]3(CCC[C@](C)(Cn4cnc5ccc(C#N)cc54)C3)OC2=O)cn1. The van der Waals surface area contributed by atoms with Gasteiger partial charge in [0.2, 0.25) is 0 Å². The lowest BCUT2D eigenvalue weighted by Crippen LogP contribution is -2.45. The molecule has 1 aromatic carbocycles. The number of hydrogen-bond acceptors (Lipinski definition) is 8. The van der Waals surface area contributed by atoms with Crippen LogP contribution in [0.5, 0.6) is 0 Å². The first-order chi connectivity index (χ1) is 19.3. The first-order valence-electron chi connectivity index (χ1n) is 13.9. The molecule has 2 fully saturated rings. The molecule has 3 atom stereocenters. The summed E-state index contributed by atoms with van der Waals surface area (Å²) in [6.45, 7) is 8.73. The van der Waals surface area contributed by atoms with Crippen LogP contribution in [0.15, 0.2) is 36.9 Å². The molecule has 3 heterocycles. The molecule has 11 nitrogen and oxygen atoms in total. The number of nitriles is 1. The molecule has 1 unspecified atom stereocenters. The zero-order chi connectivity index (χ0) is 29.5. The van der Waals surface area contributed by atoms with E-state index in [0.29, 0.717) is 49.6 Å². The van der Waals surface area contributed by atoms with Gasteiger partial charge < -0.3 is 18.9 Å². The standard InChI is InChI=1S/C29H37N6O5P/c1-27(2,39-11-6-12-41(4,37)38)24-15-32-25(16-31-24)35-19-29(40-26(35)36)10-5-9-28(3,17-29)18-34-20-33-22-8-7-21(14-30)13-23(22)34/h7-8,13,15-16,20H,5-6,9-12,17-19H2,1-4H3,(H,37,38)/t28-,29+/m0/s1. The zero-order valence-electron chi connectivity index (χ0n) is 24.0. The molecule has 1 amide bonds. The van der Waals surface area contributed by atoms with E-state index in [-0.39, 0.29) is 11.6 Å². The van der Waals surface area contributed by atoms with E-state index in [1.807, 2.05) is 32.3 Å². The van der Waals surface area contributed by atoms with Crippen molar-refractivity contribution in [2.75, 3.05) is 30.9 Å². The number of ether oxygens (including phenoxy) is 2. The topological polar surface area (TPSA) is 143 Å². The van der Waals surface area contributed by atoms with Crippen molar-refractivity contribution in [2.24, 2.45) is 5.41 Å². The predicted molar refractivity (Wildman–Crippen MR) is 154 cm³/mol. The van der Waals surface area contributed by atoms with Gasteiger partial charge in [0.15, 0.2) is 13.2 Å². The minimum atomic E-state index is -3.07. The third-order valence-electron chi connectivity index (χ3n) is 8.15. The Kier molecular flexibility index (Phi) is 7.70. The molecule has 0 bridgehead atoms. The van der Waals surface area contributed by atoms with Gasteiger partial charge >= 0.3 is 6.09 Å². The van der Waals surface area contributed by atoms with Crippen LogP contribution >= 0.6 is 7.37 Å². The van der Waals surface area contributed by atoms with Gasteiger partial charge in [-0.05, 0) is 69.6 Å². The van der Waals surface area contributed by atoms with Crippen LogP contribution in [0.4, 0.5) is 10.6 Å². The second-order valence-corrected chi connectivity index (χ2v) is 15.0. The monoisotopic (exact) mass is 580 g/mol. The Labute approximate surface area is 240 Å². The van der Waals surface area contributed by atoms with Crippen molar-refractivity contribution in [1.82, 2.24) is 19.5 Å². The maximum Gasteiger partial charge on any atom is 0.416 e. The van der Waals surface area contributed by atoms with E-state index in [9.17, 15) is 19.5 Å². The van der Waals surface area contributed by atoms with E-state index >= 15 is 0 Å². The Balaban J connectivity index is 1.26. The van der Waals surface area contributed by atoms with Crippen molar-refractivity contribution in [3.05, 3.63) is 48.2 Å². The van der Waals surface area contributed by atoms with E-state index in [4.69, 9.17) is 9.47 Å². The van der Waals surface area contributed by atoms with E-state index in [1.54, 1.807) is 23.4 Å². The van der Waals surface area contributed by atoms with Gasteiger partial charge in [0, 0.05) is 26.0 Å². The van der Waals surface area contributed by atoms with Gasteiger partial charge in [-0.3, -0.25) is 14.4 Å². The number of fused-ring (bicyclic) bond motifs is 1. The Bertz CT molecular complexity index is 1530. The molecule has 12 heteroatoms. The summed E-state index contributed by atoms with van der Waals surface area (Å²) in [5, 5.41) is 9.34. The molecular weight excluding hydrogens is 543 g/mol. The molecule has 5 rings (SSSR count). The van der Waals surface area contributed by atoms with Crippen LogP contribution < -0.4 is 4.90 Å². The lowest BCUT2D eigenvalue weighted by Gasteiger charge is -2.43. The van der Waals surface area contributed by atoms with Crippen LogP contribution in [-0.2, 0) is 26.2 Å². The van der Waals surface area contributed by atoms with Crippen LogP contribution in [0, 0.1) is 16.7 Å². The first-order valence-corrected chi connectivity index (χ1v) is 16.2. The van der Waals surface area contributed by atoms with E-state index in [0.717, 1.165) is 30.3 Å². The molecule has 2 aromatic heterocycles. The minimum absolute atomic E-state index is 0.136. The van der Waals surface area contributed by atoms with Crippen molar-refractivity contribution in [3.63, 3.8) is 0 Å². The third-order valence-corrected chi connectivity index (χ3v) is 9.29. The van der Waals surface area contributed by atoms with Crippen molar-refractivity contribution < 1.29 is 23.7 Å². The number of rotatable bonds is 9. The second kappa shape index (κ2) is 10.8. The smallest absolute Gasteiger partial charge is 0.416 e. The Morgan fingerprint density at radius 3 is 2.76 bits per heavy atom. The first kappa shape index (κ1) is 29.2. The van der Waals surface area contributed by atoms with Gasteiger partial charge in [-0.25, -0.2) is 14.8 Å². The fraction of sp³-hybridized carbons (Fsp3) is 0.552. The van der Waals surface area contributed by atoms with Gasteiger partial charge in [-0.15, -0.1) is 0 Å². The highest BCUT2D eigenvalue weighted by atomic mass is 31.2. The Morgan fingerprint density at radius 2 is 2.05 bits per heavy atom. The number of amides is 1. The maximum atomic E-state index is 13.1. The van der Waals surface area contributed by atoms with Crippen LogP contribution in [-0.4, -0.2) is 62.1 Å². The number of benzene rings is 1. The molecular formula is C29H37N6O5P. The largest absolute Gasteiger partial charge is 0.441 e. The summed E-state index contributed by atoms with van der Waals surface area (Å²) >= 11 is 0. The fourth-order valence-corrected chi connectivity index (χ4v) is 6.86. The van der Waals surface area contributed by atoms with E-state index in [2.05, 4.69) is 32.5 Å². The highest BCUT2D eigenvalue weighted by Gasteiger charge is 2.52. The summed E-state index contributed by atoms with van der Waals surface area (Å²) in [7, 11) is -3.07. The molecule has 2 aliphatic rings. The van der Waals surface area contributed by atoms with E-state index < -0.39 is 24.7 Å². The zero-order valence-corrected chi connectivity index (χ0v) is 24.9. The lowest BCUT2D eigenvalue weighted by molar-refractivity contribution is -0.0265. The fourth-order valence-electron chi connectivity index (χ4n) is 6.14. The summed E-state index contributed by atoms with van der Waals surface area (Å²) in [6, 6.07) is 7.72. The van der Waals surface area contributed by atoms with E-state index in [1.165, 1.54) is 6.66 Å². The van der Waals surface area contributed by atoms with Gasteiger partial charge in [-0.2, -0.15) is 5.26 Å². The van der Waals surface area contributed by atoms with Crippen LogP contribution in [0.1, 0.15) is 64.1 Å². The number of aromatic nitrogens is 4. The molecule has 1 saturated carbocycles. The summed E-state index contributed by atoms with van der Waals surface area (Å²) in [5.74, 6) is 0.426. The second-order valence-electron chi connectivity index (χ2n) is 12.4. The highest BCUT2D eigenvalue weighted by Crippen LogP contribution is 2.48. The highest BCUT2D eigenvalue weighted by molar-refractivity contribution is 7.57. The van der Waals surface area contributed by atoms with Crippen molar-refractivity contribution in [3.8, 4) is 6.07 Å². The van der Waals surface area contributed by atoms with Crippen LogP contribution in [0.3, 0.4) is 0 Å². The molecule has 1 aliphatic heterocycles. The summed E-state index contributed by atoms with van der Waals surface area (Å²) in [5.41, 5.74) is 1.48. The molecule has 218 valence electrons. The minimum Gasteiger partial charge on any atom is -0.441 e. The van der Waals surface area contributed by atoms with Crippen molar-refractivity contribution in [1.29, 1.82) is 5.26 Å². The van der Waals surface area contributed by atoms with Crippen LogP contribution in [0.25, 0.3) is 11.0 Å². The van der Waals surface area contributed by atoms with Crippen LogP contribution in [0.2, 0.25) is 0 Å². The molecule has 1 N–H and O–H groups in total. The summed E-state index contributed by atoms with van der Waals surface area (Å²) < 4.78 is 25.6. The third kappa shape index (κ3) is 6.45. The number of imidazole rings is 1. The molecule has 1 aliphatic carbocycles. The van der Waals surface area contributed by atoms with Gasteiger partial charge in [-0.1, -0.05) is 6.92 Å². The van der Waals surface area contributed by atoms with Crippen molar-refractivity contribution in [2.45, 2.75) is 70.6 Å². The Hall–Kier alpha value is -3.32. The number of carbonyl (C=O) groups excluding carboxylic acids is 1. The van der Waals surface area contributed by atoms with Gasteiger partial charge in [0.25, 0.3) is 0 Å². The molecule has 1 spiro atoms. The van der Waals surface area contributed by atoms with Gasteiger partial charge in [0.1, 0.15) is 11.2 Å². The Morgan fingerprint density at radius 1 is 1.24 bits per heavy atom. The number of nitrogens with zero attached hydrogens (tertiary/aromatic N) is 6. The lowest BCUT2D eigenvalue weighted by atomic mass is 9.68. The maximum absolute atomic E-state index is 13.1. The number of anilines is 1. The predicted octanol–water partition coefficient (Wildman–Crippen LogP) is 5.22. The summed E-state index contributed by atoms with van der Waals surface area (Å²) in [6.07, 6.45) is 8.63. The quantitative estimate of drug-likeness (QED) is 0.266. The molecule has 41 heavy (non-hydrogen) atoms. The van der Waals surface area contributed by atoms with Crippen molar-refractivity contribution >= 4 is 30.3 Å². The number of carbonyl (C=O) groups is 1. The molecule has 3 aromatic rings. The van der Waals surface area contributed by atoms with Gasteiger partial charge in [0.05, 0.1) is 53.6 Å². The molecule has 0 radical (unpaired) electrons. The number of hydrogen-bond donors (Lipinski definition) is 1. The molecule has 1 saturated heterocycles. The normalized spacial score (nSPS) is 24.4. The average Bonchev–Trinajstić information content (AvgIpc) is 3.45. The average molecular weight is 581 g/mol.